The number of ether oxygens (including phenoxy) is 2. The van der Waals surface area contributed by atoms with Crippen LogP contribution in [0.25, 0.3) is 0 Å². The van der Waals surface area contributed by atoms with Crippen LogP contribution in [-0.4, -0.2) is 25.3 Å². The van der Waals surface area contributed by atoms with Gasteiger partial charge in [-0.15, -0.1) is 0 Å². The number of hydrogen-bond donors (Lipinski definition) is 1. The summed E-state index contributed by atoms with van der Waals surface area (Å²) in [6.45, 7) is 3.66. The highest BCUT2D eigenvalue weighted by molar-refractivity contribution is 5.88. The third-order valence-corrected chi connectivity index (χ3v) is 2.78. The largest absolute Gasteiger partial charge is 0.466 e. The van der Waals surface area contributed by atoms with Crippen molar-refractivity contribution in [1.82, 2.24) is 0 Å². The summed E-state index contributed by atoms with van der Waals surface area (Å²) >= 11 is 0. The minimum atomic E-state index is -1.02. The molecular weight excluding hydrogens is 258 g/mol. The molecular formula is C15H19NO4. The van der Waals surface area contributed by atoms with Crippen molar-refractivity contribution in [2.24, 2.45) is 0 Å². The first-order chi connectivity index (χ1) is 9.62. The number of amides is 1. The topological polar surface area (TPSA) is 64.6 Å². The van der Waals surface area contributed by atoms with Crippen LogP contribution in [0.5, 0.6) is 0 Å². The van der Waals surface area contributed by atoms with Crippen molar-refractivity contribution in [3.8, 4) is 0 Å². The van der Waals surface area contributed by atoms with Crippen molar-refractivity contribution in [3.63, 3.8) is 0 Å². The highest BCUT2D eigenvalue weighted by Crippen LogP contribution is 2.14. The molecule has 5 nitrogen and oxygen atoms in total. The van der Waals surface area contributed by atoms with Crippen LogP contribution in [0.1, 0.15) is 20.3 Å². The number of anilines is 1. The molecule has 1 amide bonds. The molecule has 5 heteroatoms. The summed E-state index contributed by atoms with van der Waals surface area (Å²) in [4.78, 5) is 23.5. The number of rotatable bonds is 5. The average molecular weight is 277 g/mol. The zero-order valence-electron chi connectivity index (χ0n) is 11.9. The Bertz CT molecular complexity index is 482. The van der Waals surface area contributed by atoms with Gasteiger partial charge in [-0.25, -0.2) is 9.59 Å². The lowest BCUT2D eigenvalue weighted by Gasteiger charge is -2.18. The van der Waals surface area contributed by atoms with Crippen LogP contribution in [0.2, 0.25) is 0 Å². The Balaban J connectivity index is 2.75. The maximum atomic E-state index is 11.8. The van der Waals surface area contributed by atoms with Gasteiger partial charge in [0.2, 0.25) is 6.10 Å². The maximum absolute atomic E-state index is 11.8. The standard InChI is InChI=1S/C15H19NO4/c1-4-11(5-2)13(14(17)19-3)20-15(18)16-12-9-7-6-8-10-12/h4,6-10,13H,5H2,1-3H3,(H,16,18)/b11-4+. The number of nitrogens with one attached hydrogen (secondary N) is 1. The molecule has 1 unspecified atom stereocenters. The van der Waals surface area contributed by atoms with Gasteiger partial charge in [-0.2, -0.15) is 0 Å². The number of carbonyl (C=O) groups excluding carboxylic acids is 2. The van der Waals surface area contributed by atoms with Crippen molar-refractivity contribution < 1.29 is 19.1 Å². The fraction of sp³-hybridized carbons (Fsp3) is 0.333. The first kappa shape index (κ1) is 15.8. The molecule has 0 saturated heterocycles. The van der Waals surface area contributed by atoms with Gasteiger partial charge in [0.25, 0.3) is 0 Å². The Hall–Kier alpha value is -2.30. The van der Waals surface area contributed by atoms with Gasteiger partial charge in [-0.3, -0.25) is 5.32 Å². The number of esters is 1. The van der Waals surface area contributed by atoms with Gasteiger partial charge in [-0.1, -0.05) is 31.2 Å². The molecule has 20 heavy (non-hydrogen) atoms. The van der Waals surface area contributed by atoms with E-state index in [2.05, 4.69) is 10.1 Å². The van der Waals surface area contributed by atoms with Crippen molar-refractivity contribution in [1.29, 1.82) is 0 Å². The van der Waals surface area contributed by atoms with Gasteiger partial charge >= 0.3 is 12.1 Å². The van der Waals surface area contributed by atoms with Gasteiger partial charge in [0, 0.05) is 5.69 Å². The van der Waals surface area contributed by atoms with Gasteiger partial charge in [0.15, 0.2) is 0 Å². The smallest absolute Gasteiger partial charge is 0.412 e. The molecule has 1 aromatic rings. The summed E-state index contributed by atoms with van der Waals surface area (Å²) in [5.41, 5.74) is 1.29. The quantitative estimate of drug-likeness (QED) is 0.663. The van der Waals surface area contributed by atoms with Crippen molar-refractivity contribution >= 4 is 17.7 Å². The zero-order chi connectivity index (χ0) is 15.0. The Morgan fingerprint density at radius 3 is 2.45 bits per heavy atom. The third-order valence-electron chi connectivity index (χ3n) is 2.78. The predicted octanol–water partition coefficient (Wildman–Crippen LogP) is 3.13. The van der Waals surface area contributed by atoms with Crippen molar-refractivity contribution in [2.75, 3.05) is 12.4 Å². The monoisotopic (exact) mass is 277 g/mol. The van der Waals surface area contributed by atoms with Crippen LogP contribution in [0.15, 0.2) is 42.0 Å². The van der Waals surface area contributed by atoms with Crippen LogP contribution in [-0.2, 0) is 14.3 Å². The van der Waals surface area contributed by atoms with Crippen LogP contribution in [0.4, 0.5) is 10.5 Å². The second-order valence-electron chi connectivity index (χ2n) is 4.02. The van der Waals surface area contributed by atoms with E-state index in [1.807, 2.05) is 13.0 Å². The summed E-state index contributed by atoms with van der Waals surface area (Å²) in [5, 5.41) is 2.56. The highest BCUT2D eigenvalue weighted by Gasteiger charge is 2.26. The van der Waals surface area contributed by atoms with E-state index in [0.717, 1.165) is 0 Å². The van der Waals surface area contributed by atoms with E-state index in [0.29, 0.717) is 17.7 Å². The average Bonchev–Trinajstić information content (AvgIpc) is 2.47. The first-order valence-electron chi connectivity index (χ1n) is 6.38. The van der Waals surface area contributed by atoms with E-state index in [1.165, 1.54) is 7.11 Å². The summed E-state index contributed by atoms with van der Waals surface area (Å²) in [6.07, 6.45) is 0.629. The van der Waals surface area contributed by atoms with Gasteiger partial charge in [0.1, 0.15) is 0 Å². The van der Waals surface area contributed by atoms with E-state index < -0.39 is 18.2 Å². The molecule has 0 fully saturated rings. The highest BCUT2D eigenvalue weighted by atomic mass is 16.6. The lowest BCUT2D eigenvalue weighted by Crippen LogP contribution is -2.32. The molecule has 0 heterocycles. The van der Waals surface area contributed by atoms with Crippen LogP contribution < -0.4 is 5.32 Å². The number of carbonyl (C=O) groups is 2. The molecule has 1 atom stereocenters. The van der Waals surface area contributed by atoms with E-state index >= 15 is 0 Å². The van der Waals surface area contributed by atoms with E-state index in [4.69, 9.17) is 4.74 Å². The normalized spacial score (nSPS) is 12.4. The molecule has 0 aliphatic carbocycles. The Morgan fingerprint density at radius 2 is 1.95 bits per heavy atom. The molecule has 0 aromatic heterocycles. The molecule has 0 saturated carbocycles. The van der Waals surface area contributed by atoms with Crippen LogP contribution in [0.3, 0.4) is 0 Å². The summed E-state index contributed by atoms with van der Waals surface area (Å²) in [7, 11) is 1.26. The van der Waals surface area contributed by atoms with Crippen molar-refractivity contribution in [2.45, 2.75) is 26.4 Å². The van der Waals surface area contributed by atoms with E-state index in [1.54, 1.807) is 37.3 Å². The molecule has 1 rings (SSSR count). The van der Waals surface area contributed by atoms with Gasteiger partial charge in [0.05, 0.1) is 7.11 Å². The van der Waals surface area contributed by atoms with Gasteiger partial charge < -0.3 is 9.47 Å². The summed E-state index contributed by atoms with van der Waals surface area (Å²) in [5.74, 6) is -0.594. The first-order valence-corrected chi connectivity index (χ1v) is 6.38. The fourth-order valence-electron chi connectivity index (χ4n) is 1.70. The minimum Gasteiger partial charge on any atom is -0.466 e. The molecule has 1 aromatic carbocycles. The van der Waals surface area contributed by atoms with Crippen molar-refractivity contribution in [3.05, 3.63) is 42.0 Å². The Labute approximate surface area is 118 Å². The SMILES string of the molecule is C/C=C(\CC)C(OC(=O)Nc1ccccc1)C(=O)OC. The number of para-hydroxylation sites is 1. The molecule has 0 aliphatic rings. The second-order valence-corrected chi connectivity index (χ2v) is 4.02. The second kappa shape index (κ2) is 7.99. The molecule has 0 bridgehead atoms. The number of allylic oxidation sites excluding steroid dienone is 1. The summed E-state index contributed by atoms with van der Waals surface area (Å²) < 4.78 is 9.82. The minimum absolute atomic E-state index is 0.592. The number of benzene rings is 1. The Kier molecular flexibility index (Phi) is 6.29. The van der Waals surface area contributed by atoms with Crippen LogP contribution >= 0.6 is 0 Å². The lowest BCUT2D eigenvalue weighted by atomic mass is 10.1. The maximum Gasteiger partial charge on any atom is 0.412 e. The van der Waals surface area contributed by atoms with E-state index in [9.17, 15) is 9.59 Å². The van der Waals surface area contributed by atoms with E-state index in [-0.39, 0.29) is 0 Å². The predicted molar refractivity (Wildman–Crippen MR) is 76.4 cm³/mol. The Morgan fingerprint density at radius 1 is 1.30 bits per heavy atom. The molecule has 0 spiro atoms. The number of methoxy groups -OCH3 is 1. The molecule has 0 aliphatic heterocycles. The van der Waals surface area contributed by atoms with Gasteiger partial charge in [-0.05, 0) is 31.1 Å². The lowest BCUT2D eigenvalue weighted by molar-refractivity contribution is -0.148. The summed E-state index contributed by atoms with van der Waals surface area (Å²) in [6, 6.07) is 8.87. The van der Waals surface area contributed by atoms with Crippen LogP contribution in [0, 0.1) is 0 Å². The zero-order valence-corrected chi connectivity index (χ0v) is 11.9. The number of hydrogen-bond acceptors (Lipinski definition) is 4. The molecule has 108 valence electrons. The fourth-order valence-corrected chi connectivity index (χ4v) is 1.70. The molecule has 1 N–H and O–H groups in total. The third kappa shape index (κ3) is 4.42. The molecule has 0 radical (unpaired) electrons.